The van der Waals surface area contributed by atoms with E-state index in [1.807, 2.05) is 6.92 Å². The minimum Gasteiger partial charge on any atom is -0.507 e. The van der Waals surface area contributed by atoms with Crippen LogP contribution < -0.4 is 4.74 Å². The van der Waals surface area contributed by atoms with Crippen LogP contribution in [0, 0.1) is 5.82 Å². The molecular formula is C26H29FN2O5. The average Bonchev–Trinajstić information content (AvgIpc) is 3.12. The van der Waals surface area contributed by atoms with Crippen molar-refractivity contribution in [3.05, 3.63) is 71.0 Å². The Morgan fingerprint density at radius 2 is 1.85 bits per heavy atom. The van der Waals surface area contributed by atoms with Crippen LogP contribution in [0.15, 0.2) is 54.1 Å². The van der Waals surface area contributed by atoms with E-state index >= 15 is 0 Å². The number of aliphatic hydroxyl groups is 1. The first kappa shape index (κ1) is 23.9. The number of aliphatic hydroxyl groups excluding tert-OH is 1. The molecule has 0 saturated carbocycles. The highest BCUT2D eigenvalue weighted by Crippen LogP contribution is 2.39. The Kier molecular flexibility index (Phi) is 7.59. The first-order valence-electron chi connectivity index (χ1n) is 11.6. The number of rotatable bonds is 8. The van der Waals surface area contributed by atoms with Crippen LogP contribution in [-0.2, 0) is 14.3 Å². The number of hydrogen-bond acceptors (Lipinski definition) is 6. The molecule has 1 unspecified atom stereocenters. The fourth-order valence-corrected chi connectivity index (χ4v) is 4.28. The normalized spacial score (nSPS) is 20.6. The van der Waals surface area contributed by atoms with Crippen molar-refractivity contribution in [1.82, 2.24) is 9.80 Å². The number of morpholine rings is 1. The molecule has 8 heteroatoms. The molecule has 0 aromatic heterocycles. The van der Waals surface area contributed by atoms with Crippen LogP contribution in [0.5, 0.6) is 5.75 Å². The van der Waals surface area contributed by atoms with Crippen molar-refractivity contribution in [2.45, 2.75) is 19.4 Å². The quantitative estimate of drug-likeness (QED) is 0.364. The number of benzene rings is 2. The summed E-state index contributed by atoms with van der Waals surface area (Å²) in [5, 5.41) is 11.2. The van der Waals surface area contributed by atoms with E-state index < -0.39 is 23.5 Å². The lowest BCUT2D eigenvalue weighted by atomic mass is 9.95. The van der Waals surface area contributed by atoms with Gasteiger partial charge >= 0.3 is 0 Å². The molecule has 2 aliphatic rings. The molecule has 0 spiro atoms. The van der Waals surface area contributed by atoms with Crippen molar-refractivity contribution < 1.29 is 28.6 Å². The molecule has 2 saturated heterocycles. The van der Waals surface area contributed by atoms with Gasteiger partial charge in [0.15, 0.2) is 0 Å². The van der Waals surface area contributed by atoms with Crippen molar-refractivity contribution in [3.8, 4) is 5.75 Å². The van der Waals surface area contributed by atoms with Gasteiger partial charge < -0.3 is 19.5 Å². The molecule has 2 heterocycles. The summed E-state index contributed by atoms with van der Waals surface area (Å²) in [5.41, 5.74) is 0.931. The number of carbonyl (C=O) groups is 2. The standard InChI is InChI=1S/C26H29FN2O5/c1-2-14-34-21-5-3-4-19(17-21)24(30)22-23(18-6-8-20(27)9-7-18)29(26(32)25(22)31)11-10-28-12-15-33-16-13-28/h3-9,17,23,30H,2,10-16H2,1H3. The molecule has 2 fully saturated rings. The van der Waals surface area contributed by atoms with E-state index in [0.29, 0.717) is 49.8 Å². The van der Waals surface area contributed by atoms with Crippen molar-refractivity contribution in [2.75, 3.05) is 46.0 Å². The summed E-state index contributed by atoms with van der Waals surface area (Å²) in [6, 6.07) is 11.6. The minimum atomic E-state index is -0.818. The van der Waals surface area contributed by atoms with Crippen LogP contribution in [0.3, 0.4) is 0 Å². The summed E-state index contributed by atoms with van der Waals surface area (Å²) in [6.07, 6.45) is 0.828. The Hall–Kier alpha value is -3.23. The summed E-state index contributed by atoms with van der Waals surface area (Å²) in [6.45, 7) is 6.10. The summed E-state index contributed by atoms with van der Waals surface area (Å²) in [4.78, 5) is 29.8. The molecule has 2 aromatic rings. The number of likely N-dealkylation sites (tertiary alicyclic amines) is 1. The molecule has 0 bridgehead atoms. The van der Waals surface area contributed by atoms with Gasteiger partial charge in [0.2, 0.25) is 0 Å². The highest BCUT2D eigenvalue weighted by Gasteiger charge is 2.46. The van der Waals surface area contributed by atoms with Gasteiger partial charge in [0.1, 0.15) is 17.3 Å². The Bertz CT molecular complexity index is 1060. The average molecular weight is 469 g/mol. The number of ether oxygens (including phenoxy) is 2. The summed E-state index contributed by atoms with van der Waals surface area (Å²) in [5.74, 6) is -1.57. The monoisotopic (exact) mass is 468 g/mol. The number of carbonyl (C=O) groups excluding carboxylic acids is 2. The van der Waals surface area contributed by atoms with Crippen LogP contribution in [0.4, 0.5) is 4.39 Å². The fraction of sp³-hybridized carbons (Fsp3) is 0.385. The maximum Gasteiger partial charge on any atom is 0.295 e. The van der Waals surface area contributed by atoms with Gasteiger partial charge in [-0.05, 0) is 36.2 Å². The number of halogens is 1. The van der Waals surface area contributed by atoms with Gasteiger partial charge in [-0.3, -0.25) is 14.5 Å². The summed E-state index contributed by atoms with van der Waals surface area (Å²) < 4.78 is 24.7. The maximum atomic E-state index is 13.6. The van der Waals surface area contributed by atoms with Gasteiger partial charge in [0, 0.05) is 31.7 Å². The molecule has 1 atom stereocenters. The molecule has 4 rings (SSSR count). The van der Waals surface area contributed by atoms with Gasteiger partial charge in [0.25, 0.3) is 11.7 Å². The third kappa shape index (κ3) is 5.13. The molecule has 180 valence electrons. The smallest absolute Gasteiger partial charge is 0.295 e. The molecule has 0 aliphatic carbocycles. The molecule has 2 aliphatic heterocycles. The van der Waals surface area contributed by atoms with Crippen LogP contribution >= 0.6 is 0 Å². The van der Waals surface area contributed by atoms with E-state index in [-0.39, 0.29) is 11.3 Å². The second kappa shape index (κ2) is 10.8. The molecule has 1 amide bonds. The first-order valence-corrected chi connectivity index (χ1v) is 11.6. The molecular weight excluding hydrogens is 439 g/mol. The fourth-order valence-electron chi connectivity index (χ4n) is 4.28. The first-order chi connectivity index (χ1) is 16.5. The lowest BCUT2D eigenvalue weighted by molar-refractivity contribution is -0.140. The van der Waals surface area contributed by atoms with E-state index in [0.717, 1.165) is 19.5 Å². The van der Waals surface area contributed by atoms with Gasteiger partial charge in [-0.25, -0.2) is 4.39 Å². The predicted octanol–water partition coefficient (Wildman–Crippen LogP) is 3.37. The lowest BCUT2D eigenvalue weighted by Crippen LogP contribution is -2.42. The van der Waals surface area contributed by atoms with E-state index in [1.54, 1.807) is 36.4 Å². The van der Waals surface area contributed by atoms with E-state index in [4.69, 9.17) is 9.47 Å². The summed E-state index contributed by atoms with van der Waals surface area (Å²) in [7, 11) is 0. The zero-order valence-electron chi connectivity index (χ0n) is 19.2. The Labute approximate surface area is 198 Å². The number of nitrogens with zero attached hydrogens (tertiary/aromatic N) is 2. The van der Waals surface area contributed by atoms with E-state index in [1.165, 1.54) is 17.0 Å². The highest BCUT2D eigenvalue weighted by atomic mass is 19.1. The Balaban J connectivity index is 1.71. The maximum absolute atomic E-state index is 13.6. The topological polar surface area (TPSA) is 79.3 Å². The number of amides is 1. The van der Waals surface area contributed by atoms with Gasteiger partial charge in [0.05, 0.1) is 31.4 Å². The highest BCUT2D eigenvalue weighted by molar-refractivity contribution is 6.46. The number of hydrogen-bond donors (Lipinski definition) is 1. The molecule has 0 radical (unpaired) electrons. The van der Waals surface area contributed by atoms with Crippen molar-refractivity contribution in [3.63, 3.8) is 0 Å². The SMILES string of the molecule is CCCOc1cccc(C(O)=C2C(=O)C(=O)N(CCN3CCOCC3)C2c2ccc(F)cc2)c1. The van der Waals surface area contributed by atoms with Gasteiger partial charge in [-0.1, -0.05) is 31.2 Å². The second-order valence-electron chi connectivity index (χ2n) is 8.37. The lowest BCUT2D eigenvalue weighted by Gasteiger charge is -2.31. The number of Topliss-reactive ketones (excluding diaryl/α,β-unsaturated/α-hetero) is 1. The molecule has 7 nitrogen and oxygen atoms in total. The third-order valence-corrected chi connectivity index (χ3v) is 6.07. The molecule has 2 aromatic carbocycles. The van der Waals surface area contributed by atoms with Gasteiger partial charge in [-0.15, -0.1) is 0 Å². The van der Waals surface area contributed by atoms with Crippen LogP contribution in [0.1, 0.15) is 30.5 Å². The van der Waals surface area contributed by atoms with Crippen LogP contribution in [-0.4, -0.2) is 72.6 Å². The van der Waals surface area contributed by atoms with Crippen molar-refractivity contribution in [1.29, 1.82) is 0 Å². The largest absolute Gasteiger partial charge is 0.507 e. The second-order valence-corrected chi connectivity index (χ2v) is 8.37. The predicted molar refractivity (Wildman–Crippen MR) is 125 cm³/mol. The molecule has 34 heavy (non-hydrogen) atoms. The zero-order valence-corrected chi connectivity index (χ0v) is 19.2. The Morgan fingerprint density at radius 3 is 2.56 bits per heavy atom. The summed E-state index contributed by atoms with van der Waals surface area (Å²) >= 11 is 0. The van der Waals surface area contributed by atoms with Crippen LogP contribution in [0.2, 0.25) is 0 Å². The molecule has 1 N–H and O–H groups in total. The number of ketones is 1. The van der Waals surface area contributed by atoms with Crippen molar-refractivity contribution >= 4 is 17.4 Å². The van der Waals surface area contributed by atoms with Gasteiger partial charge in [-0.2, -0.15) is 0 Å². The van der Waals surface area contributed by atoms with Crippen LogP contribution in [0.25, 0.3) is 5.76 Å². The minimum absolute atomic E-state index is 0.00812. The van der Waals surface area contributed by atoms with Crippen molar-refractivity contribution in [2.24, 2.45) is 0 Å². The Morgan fingerprint density at radius 1 is 1.12 bits per heavy atom. The van der Waals surface area contributed by atoms with E-state index in [2.05, 4.69) is 4.90 Å². The third-order valence-electron chi connectivity index (χ3n) is 6.07. The van der Waals surface area contributed by atoms with E-state index in [9.17, 15) is 19.1 Å². The zero-order chi connectivity index (χ0) is 24.1.